The predicted molar refractivity (Wildman–Crippen MR) is 113 cm³/mol. The SMILES string of the molecule is CC(C)CCn1c(=O)c2ccccc2n2c(SCC(=O)NCC(C)C)nnc12. The first-order valence-electron chi connectivity index (χ1n) is 9.64. The van der Waals surface area contributed by atoms with Crippen LogP contribution in [0.1, 0.15) is 34.1 Å². The average Bonchev–Trinajstić information content (AvgIpc) is 3.08. The molecule has 0 radical (unpaired) electrons. The van der Waals surface area contributed by atoms with Crippen LogP contribution >= 0.6 is 11.8 Å². The van der Waals surface area contributed by atoms with Crippen molar-refractivity contribution >= 4 is 34.3 Å². The Bertz CT molecular complexity index is 1040. The molecular formula is C20H27N5O2S. The summed E-state index contributed by atoms with van der Waals surface area (Å²) in [5.41, 5.74) is 0.709. The van der Waals surface area contributed by atoms with Gasteiger partial charge in [0.2, 0.25) is 11.7 Å². The van der Waals surface area contributed by atoms with E-state index in [1.54, 1.807) is 4.57 Å². The van der Waals surface area contributed by atoms with Gasteiger partial charge in [-0.15, -0.1) is 10.2 Å². The Balaban J connectivity index is 1.99. The number of benzene rings is 1. The highest BCUT2D eigenvalue weighted by Gasteiger charge is 2.17. The summed E-state index contributed by atoms with van der Waals surface area (Å²) in [6.07, 6.45) is 0.876. The van der Waals surface area contributed by atoms with Crippen LogP contribution in [0.15, 0.2) is 34.2 Å². The highest BCUT2D eigenvalue weighted by molar-refractivity contribution is 7.99. The molecule has 0 saturated carbocycles. The highest BCUT2D eigenvalue weighted by Crippen LogP contribution is 2.21. The van der Waals surface area contributed by atoms with E-state index in [0.29, 0.717) is 41.2 Å². The lowest BCUT2D eigenvalue weighted by atomic mass is 10.1. The van der Waals surface area contributed by atoms with E-state index in [9.17, 15) is 9.59 Å². The topological polar surface area (TPSA) is 81.3 Å². The Hall–Kier alpha value is -2.35. The summed E-state index contributed by atoms with van der Waals surface area (Å²) < 4.78 is 3.58. The zero-order valence-electron chi connectivity index (χ0n) is 16.8. The van der Waals surface area contributed by atoms with Gasteiger partial charge >= 0.3 is 0 Å². The zero-order valence-corrected chi connectivity index (χ0v) is 17.6. The van der Waals surface area contributed by atoms with Gasteiger partial charge in [0, 0.05) is 13.1 Å². The molecule has 0 aliphatic carbocycles. The number of carbonyl (C=O) groups is 1. The summed E-state index contributed by atoms with van der Waals surface area (Å²) >= 11 is 1.33. The fourth-order valence-electron chi connectivity index (χ4n) is 2.92. The molecule has 0 atom stereocenters. The number of aryl methyl sites for hydroxylation is 1. The number of para-hydroxylation sites is 1. The maximum absolute atomic E-state index is 13.0. The van der Waals surface area contributed by atoms with Gasteiger partial charge in [-0.2, -0.15) is 0 Å². The number of nitrogens with one attached hydrogen (secondary N) is 1. The van der Waals surface area contributed by atoms with Crippen molar-refractivity contribution in [1.82, 2.24) is 24.5 Å². The molecule has 0 unspecified atom stereocenters. The average molecular weight is 402 g/mol. The van der Waals surface area contributed by atoms with Crippen molar-refractivity contribution < 1.29 is 4.79 Å². The summed E-state index contributed by atoms with van der Waals surface area (Å²) in [6, 6.07) is 7.47. The monoisotopic (exact) mass is 401 g/mol. The van der Waals surface area contributed by atoms with Gasteiger partial charge in [0.1, 0.15) is 0 Å². The number of nitrogens with zero attached hydrogens (tertiary/aromatic N) is 4. The van der Waals surface area contributed by atoms with Crippen LogP contribution < -0.4 is 10.9 Å². The molecule has 0 spiro atoms. The number of amides is 1. The molecule has 2 aromatic heterocycles. The third kappa shape index (κ3) is 4.38. The number of thioether (sulfide) groups is 1. The highest BCUT2D eigenvalue weighted by atomic mass is 32.2. The molecule has 0 aliphatic rings. The van der Waals surface area contributed by atoms with Gasteiger partial charge in [-0.05, 0) is 30.4 Å². The lowest BCUT2D eigenvalue weighted by molar-refractivity contribution is -0.118. The van der Waals surface area contributed by atoms with Gasteiger partial charge in [0.25, 0.3) is 5.56 Å². The predicted octanol–water partition coefficient (Wildman–Crippen LogP) is 2.95. The molecule has 0 saturated heterocycles. The van der Waals surface area contributed by atoms with E-state index >= 15 is 0 Å². The number of aromatic nitrogens is 4. The number of hydrogen-bond acceptors (Lipinski definition) is 5. The van der Waals surface area contributed by atoms with Gasteiger partial charge in [-0.3, -0.25) is 18.6 Å². The van der Waals surface area contributed by atoms with Crippen LogP contribution in [-0.2, 0) is 11.3 Å². The molecule has 2 heterocycles. The molecular weight excluding hydrogens is 374 g/mol. The zero-order chi connectivity index (χ0) is 20.3. The molecule has 1 N–H and O–H groups in total. The van der Waals surface area contributed by atoms with Crippen LogP contribution in [0.5, 0.6) is 0 Å². The maximum Gasteiger partial charge on any atom is 0.262 e. The normalized spacial score (nSPS) is 11.8. The quantitative estimate of drug-likeness (QED) is 0.587. The lowest BCUT2D eigenvalue weighted by Gasteiger charge is -2.12. The maximum atomic E-state index is 13.0. The van der Waals surface area contributed by atoms with Crippen LogP contribution in [0, 0.1) is 11.8 Å². The molecule has 3 aromatic rings. The Morgan fingerprint density at radius 1 is 1.14 bits per heavy atom. The van der Waals surface area contributed by atoms with E-state index in [2.05, 4.69) is 43.2 Å². The van der Waals surface area contributed by atoms with E-state index in [-0.39, 0.29) is 17.2 Å². The molecule has 7 nitrogen and oxygen atoms in total. The smallest absolute Gasteiger partial charge is 0.262 e. The molecule has 150 valence electrons. The number of fused-ring (bicyclic) bond motifs is 3. The summed E-state index contributed by atoms with van der Waals surface area (Å²) in [5.74, 6) is 1.62. The number of rotatable bonds is 8. The van der Waals surface area contributed by atoms with Crippen LogP contribution in [0.3, 0.4) is 0 Å². The summed E-state index contributed by atoms with van der Waals surface area (Å²) in [6.45, 7) is 9.61. The second kappa shape index (κ2) is 8.77. The van der Waals surface area contributed by atoms with Crippen molar-refractivity contribution in [1.29, 1.82) is 0 Å². The lowest BCUT2D eigenvalue weighted by Crippen LogP contribution is -2.28. The van der Waals surface area contributed by atoms with Crippen molar-refractivity contribution in [2.75, 3.05) is 12.3 Å². The molecule has 8 heteroatoms. The second-order valence-electron chi connectivity index (χ2n) is 7.76. The molecule has 0 bridgehead atoms. The molecule has 1 amide bonds. The summed E-state index contributed by atoms with van der Waals surface area (Å²) in [4.78, 5) is 25.1. The Kier molecular flexibility index (Phi) is 6.39. The van der Waals surface area contributed by atoms with E-state index < -0.39 is 0 Å². The fraction of sp³-hybridized carbons (Fsp3) is 0.500. The van der Waals surface area contributed by atoms with Gasteiger partial charge < -0.3 is 5.32 Å². The van der Waals surface area contributed by atoms with Crippen LogP contribution in [-0.4, -0.2) is 37.4 Å². The van der Waals surface area contributed by atoms with Crippen LogP contribution in [0.2, 0.25) is 0 Å². The minimum atomic E-state index is -0.0534. The second-order valence-corrected chi connectivity index (χ2v) is 8.70. The summed E-state index contributed by atoms with van der Waals surface area (Å²) in [7, 11) is 0. The Labute approximate surface area is 168 Å². The van der Waals surface area contributed by atoms with Gasteiger partial charge in [0.15, 0.2) is 5.16 Å². The van der Waals surface area contributed by atoms with Crippen LogP contribution in [0.25, 0.3) is 16.7 Å². The molecule has 28 heavy (non-hydrogen) atoms. The van der Waals surface area contributed by atoms with Gasteiger partial charge in [0.05, 0.1) is 16.7 Å². The number of hydrogen-bond donors (Lipinski definition) is 1. The Morgan fingerprint density at radius 2 is 1.89 bits per heavy atom. The van der Waals surface area contributed by atoms with Crippen molar-refractivity contribution in [3.63, 3.8) is 0 Å². The van der Waals surface area contributed by atoms with Crippen molar-refractivity contribution in [2.24, 2.45) is 11.8 Å². The molecule has 0 aliphatic heterocycles. The first-order valence-corrected chi connectivity index (χ1v) is 10.6. The van der Waals surface area contributed by atoms with Crippen LogP contribution in [0.4, 0.5) is 0 Å². The van der Waals surface area contributed by atoms with Gasteiger partial charge in [-0.25, -0.2) is 0 Å². The largest absolute Gasteiger partial charge is 0.355 e. The standard InChI is InChI=1S/C20H27N5O2S/c1-13(2)9-10-24-18(27)15-7-5-6-8-16(15)25-19(24)22-23-20(25)28-12-17(26)21-11-14(3)4/h5-8,13-14H,9-12H2,1-4H3,(H,21,26). The van der Waals surface area contributed by atoms with Crippen molar-refractivity contribution in [3.8, 4) is 0 Å². The van der Waals surface area contributed by atoms with E-state index in [4.69, 9.17) is 0 Å². The third-order valence-electron chi connectivity index (χ3n) is 4.45. The molecule has 1 aromatic carbocycles. The fourth-order valence-corrected chi connectivity index (χ4v) is 3.68. The third-order valence-corrected chi connectivity index (χ3v) is 5.38. The van der Waals surface area contributed by atoms with Gasteiger partial charge in [-0.1, -0.05) is 51.6 Å². The first kappa shape index (κ1) is 20.4. The molecule has 0 fully saturated rings. The minimum absolute atomic E-state index is 0.0344. The van der Waals surface area contributed by atoms with E-state index in [1.807, 2.05) is 28.7 Å². The summed E-state index contributed by atoms with van der Waals surface area (Å²) in [5, 5.41) is 12.7. The van der Waals surface area contributed by atoms with Crippen molar-refractivity contribution in [2.45, 2.75) is 45.8 Å². The number of carbonyl (C=O) groups excluding carboxylic acids is 1. The minimum Gasteiger partial charge on any atom is -0.355 e. The van der Waals surface area contributed by atoms with E-state index in [1.165, 1.54) is 11.8 Å². The van der Waals surface area contributed by atoms with Crippen molar-refractivity contribution in [3.05, 3.63) is 34.6 Å². The Morgan fingerprint density at radius 3 is 2.61 bits per heavy atom. The van der Waals surface area contributed by atoms with E-state index in [0.717, 1.165) is 11.9 Å². The first-order chi connectivity index (χ1) is 13.4. The molecule has 3 rings (SSSR count).